The number of likely N-dealkylation sites (tertiary alicyclic amines) is 1. The van der Waals surface area contributed by atoms with Crippen LogP contribution >= 0.6 is 0 Å². The topological polar surface area (TPSA) is 32.3 Å². The SMILES string of the molecule is CCCC(=O)N1CCCC(C23CCC2CCN3)C1. The lowest BCUT2D eigenvalue weighted by molar-refractivity contribution is -0.134. The Labute approximate surface area is 110 Å². The zero-order chi connectivity index (χ0) is 12.6. The van der Waals surface area contributed by atoms with E-state index >= 15 is 0 Å². The number of fused-ring (bicyclic) bond motifs is 1. The van der Waals surface area contributed by atoms with Crippen LogP contribution in [0, 0.1) is 11.8 Å². The van der Waals surface area contributed by atoms with Gasteiger partial charge in [-0.3, -0.25) is 4.79 Å². The largest absolute Gasteiger partial charge is 0.342 e. The first-order valence-electron chi connectivity index (χ1n) is 7.79. The predicted octanol–water partition coefficient (Wildman–Crippen LogP) is 2.17. The zero-order valence-electron chi connectivity index (χ0n) is 11.6. The van der Waals surface area contributed by atoms with E-state index in [2.05, 4.69) is 17.1 Å². The molecule has 0 aromatic heterocycles. The van der Waals surface area contributed by atoms with E-state index in [0.717, 1.165) is 31.8 Å². The number of hydrogen-bond acceptors (Lipinski definition) is 2. The summed E-state index contributed by atoms with van der Waals surface area (Å²) in [6.45, 7) is 5.31. The summed E-state index contributed by atoms with van der Waals surface area (Å²) < 4.78 is 0. The molecule has 0 radical (unpaired) electrons. The minimum Gasteiger partial charge on any atom is -0.342 e. The molecule has 3 atom stereocenters. The van der Waals surface area contributed by atoms with Crippen molar-refractivity contribution < 1.29 is 4.79 Å². The third-order valence-electron chi connectivity index (χ3n) is 5.55. The standard InChI is InChI=1S/C15H26N2O/c1-2-4-14(18)17-10-3-5-13(11-17)15-8-6-12(15)7-9-16-15/h12-13,16H,2-11H2,1H3. The van der Waals surface area contributed by atoms with Crippen LogP contribution in [0.3, 0.4) is 0 Å². The molecule has 3 fully saturated rings. The van der Waals surface area contributed by atoms with E-state index in [1.807, 2.05) is 0 Å². The van der Waals surface area contributed by atoms with E-state index in [0.29, 0.717) is 17.4 Å². The number of nitrogens with one attached hydrogen (secondary N) is 1. The van der Waals surface area contributed by atoms with Gasteiger partial charge in [-0.15, -0.1) is 0 Å². The van der Waals surface area contributed by atoms with Crippen molar-refractivity contribution in [1.29, 1.82) is 0 Å². The van der Waals surface area contributed by atoms with E-state index in [4.69, 9.17) is 0 Å². The van der Waals surface area contributed by atoms with E-state index in [-0.39, 0.29) is 0 Å². The van der Waals surface area contributed by atoms with Gasteiger partial charge in [-0.2, -0.15) is 0 Å². The van der Waals surface area contributed by atoms with Gasteiger partial charge in [0.2, 0.25) is 5.91 Å². The smallest absolute Gasteiger partial charge is 0.222 e. The fourth-order valence-electron chi connectivity index (χ4n) is 4.45. The lowest BCUT2D eigenvalue weighted by Gasteiger charge is -2.53. The fraction of sp³-hybridized carbons (Fsp3) is 0.933. The second-order valence-corrected chi connectivity index (χ2v) is 6.42. The van der Waals surface area contributed by atoms with Gasteiger partial charge in [0.15, 0.2) is 0 Å². The summed E-state index contributed by atoms with van der Waals surface area (Å²) in [5.41, 5.74) is 0.422. The van der Waals surface area contributed by atoms with Crippen molar-refractivity contribution in [1.82, 2.24) is 10.2 Å². The van der Waals surface area contributed by atoms with Gasteiger partial charge >= 0.3 is 0 Å². The molecule has 2 aliphatic heterocycles. The molecule has 3 aliphatic rings. The number of amides is 1. The molecule has 0 spiro atoms. The van der Waals surface area contributed by atoms with Gasteiger partial charge in [0.25, 0.3) is 0 Å². The van der Waals surface area contributed by atoms with Crippen molar-refractivity contribution in [2.75, 3.05) is 19.6 Å². The van der Waals surface area contributed by atoms with Gasteiger partial charge in [0, 0.05) is 25.0 Å². The van der Waals surface area contributed by atoms with Crippen molar-refractivity contribution in [2.45, 2.75) is 57.4 Å². The Bertz CT molecular complexity index is 330. The van der Waals surface area contributed by atoms with Crippen LogP contribution in [-0.4, -0.2) is 36.0 Å². The number of carbonyl (C=O) groups is 1. The van der Waals surface area contributed by atoms with Gasteiger partial charge in [-0.1, -0.05) is 6.92 Å². The lowest BCUT2D eigenvalue weighted by atomic mass is 9.59. The maximum atomic E-state index is 12.1. The molecule has 102 valence electrons. The Kier molecular flexibility index (Phi) is 3.35. The van der Waals surface area contributed by atoms with Crippen LogP contribution in [0.15, 0.2) is 0 Å². The Morgan fingerprint density at radius 2 is 2.22 bits per heavy atom. The summed E-state index contributed by atoms with van der Waals surface area (Å²) >= 11 is 0. The van der Waals surface area contributed by atoms with Crippen LogP contribution in [0.25, 0.3) is 0 Å². The Hall–Kier alpha value is -0.570. The Morgan fingerprint density at radius 1 is 1.33 bits per heavy atom. The summed E-state index contributed by atoms with van der Waals surface area (Å²) in [7, 11) is 0. The zero-order valence-corrected chi connectivity index (χ0v) is 11.6. The second kappa shape index (κ2) is 4.84. The van der Waals surface area contributed by atoms with Gasteiger partial charge in [-0.05, 0) is 56.9 Å². The van der Waals surface area contributed by atoms with Crippen LogP contribution in [0.4, 0.5) is 0 Å². The highest BCUT2D eigenvalue weighted by Crippen LogP contribution is 2.51. The highest BCUT2D eigenvalue weighted by Gasteiger charge is 2.54. The van der Waals surface area contributed by atoms with Crippen molar-refractivity contribution in [3.8, 4) is 0 Å². The molecule has 1 amide bonds. The second-order valence-electron chi connectivity index (χ2n) is 6.42. The van der Waals surface area contributed by atoms with Gasteiger partial charge in [0.1, 0.15) is 0 Å². The summed E-state index contributed by atoms with van der Waals surface area (Å²) in [5.74, 6) is 2.00. The third-order valence-corrected chi connectivity index (χ3v) is 5.55. The summed E-state index contributed by atoms with van der Waals surface area (Å²) in [5, 5.41) is 3.79. The van der Waals surface area contributed by atoms with E-state index < -0.39 is 0 Å². The highest BCUT2D eigenvalue weighted by molar-refractivity contribution is 5.76. The number of nitrogens with zero attached hydrogens (tertiary/aromatic N) is 1. The minimum absolute atomic E-state index is 0.382. The highest BCUT2D eigenvalue weighted by atomic mass is 16.2. The van der Waals surface area contributed by atoms with Crippen molar-refractivity contribution in [3.63, 3.8) is 0 Å². The normalized spacial score (nSPS) is 39.3. The third kappa shape index (κ3) is 1.87. The minimum atomic E-state index is 0.382. The fourth-order valence-corrected chi connectivity index (χ4v) is 4.45. The average Bonchev–Trinajstić information content (AvgIpc) is 2.66. The lowest BCUT2D eigenvalue weighted by Crippen LogP contribution is -2.61. The monoisotopic (exact) mass is 250 g/mol. The van der Waals surface area contributed by atoms with Crippen LogP contribution in [0.1, 0.15) is 51.9 Å². The molecule has 1 aliphatic carbocycles. The van der Waals surface area contributed by atoms with Crippen molar-refractivity contribution in [2.24, 2.45) is 11.8 Å². The van der Waals surface area contributed by atoms with Crippen molar-refractivity contribution in [3.05, 3.63) is 0 Å². The molecule has 18 heavy (non-hydrogen) atoms. The molecular formula is C15H26N2O. The van der Waals surface area contributed by atoms with E-state index in [9.17, 15) is 4.79 Å². The predicted molar refractivity (Wildman–Crippen MR) is 72.3 cm³/mol. The first-order valence-corrected chi connectivity index (χ1v) is 7.79. The number of piperidine rings is 1. The van der Waals surface area contributed by atoms with Gasteiger partial charge in [0.05, 0.1) is 0 Å². The molecule has 0 aromatic carbocycles. The first-order chi connectivity index (χ1) is 8.76. The van der Waals surface area contributed by atoms with Crippen LogP contribution in [0.2, 0.25) is 0 Å². The summed E-state index contributed by atoms with van der Waals surface area (Å²) in [4.78, 5) is 14.2. The maximum Gasteiger partial charge on any atom is 0.222 e. The van der Waals surface area contributed by atoms with Crippen LogP contribution in [-0.2, 0) is 4.79 Å². The Morgan fingerprint density at radius 3 is 2.89 bits per heavy atom. The van der Waals surface area contributed by atoms with Crippen LogP contribution in [0.5, 0.6) is 0 Å². The molecule has 1 saturated carbocycles. The van der Waals surface area contributed by atoms with Crippen LogP contribution < -0.4 is 5.32 Å². The molecule has 2 saturated heterocycles. The number of rotatable bonds is 3. The molecule has 3 nitrogen and oxygen atoms in total. The molecule has 0 aromatic rings. The molecule has 1 N–H and O–H groups in total. The summed E-state index contributed by atoms with van der Waals surface area (Å²) in [6.07, 6.45) is 8.35. The first kappa shape index (κ1) is 12.5. The quantitative estimate of drug-likeness (QED) is 0.832. The van der Waals surface area contributed by atoms with E-state index in [1.165, 1.54) is 38.6 Å². The Balaban J connectivity index is 1.65. The molecule has 3 heteroatoms. The number of hydrogen-bond donors (Lipinski definition) is 1. The van der Waals surface area contributed by atoms with Crippen molar-refractivity contribution >= 4 is 5.91 Å². The average molecular weight is 250 g/mol. The summed E-state index contributed by atoms with van der Waals surface area (Å²) in [6, 6.07) is 0. The molecule has 3 unspecified atom stereocenters. The number of carbonyl (C=O) groups excluding carboxylic acids is 1. The van der Waals surface area contributed by atoms with E-state index in [1.54, 1.807) is 0 Å². The van der Waals surface area contributed by atoms with Gasteiger partial charge in [-0.25, -0.2) is 0 Å². The molecular weight excluding hydrogens is 224 g/mol. The molecule has 0 bridgehead atoms. The molecule has 2 heterocycles. The van der Waals surface area contributed by atoms with Gasteiger partial charge < -0.3 is 10.2 Å². The maximum absolute atomic E-state index is 12.1. The molecule has 3 rings (SSSR count).